The number of hydrogen-bond donors (Lipinski definition) is 1. The summed E-state index contributed by atoms with van der Waals surface area (Å²) in [5, 5.41) is 3.10. The van der Waals surface area contributed by atoms with Crippen molar-refractivity contribution in [2.75, 3.05) is 7.05 Å². The van der Waals surface area contributed by atoms with Crippen LogP contribution < -0.4 is 10.1 Å². The minimum absolute atomic E-state index is 0.102. The zero-order valence-corrected chi connectivity index (χ0v) is 11.1. The molecule has 0 radical (unpaired) electrons. The molecular formula is C14H17F4NO. The Bertz CT molecular complexity index is 461. The molecule has 2 unspecified atom stereocenters. The van der Waals surface area contributed by atoms with Crippen LogP contribution in [0, 0.1) is 5.82 Å². The summed E-state index contributed by atoms with van der Waals surface area (Å²) in [6, 6.07) is 2.48. The number of benzene rings is 1. The minimum Gasteiger partial charge on any atom is -0.486 e. The van der Waals surface area contributed by atoms with Crippen LogP contribution in [0.5, 0.6) is 5.75 Å². The van der Waals surface area contributed by atoms with Crippen LogP contribution in [0.1, 0.15) is 31.2 Å². The van der Waals surface area contributed by atoms with Crippen molar-refractivity contribution in [1.29, 1.82) is 0 Å². The van der Waals surface area contributed by atoms with Gasteiger partial charge in [-0.15, -0.1) is 0 Å². The molecule has 2 rings (SSSR count). The summed E-state index contributed by atoms with van der Waals surface area (Å²) >= 11 is 0. The highest BCUT2D eigenvalue weighted by Crippen LogP contribution is 2.33. The minimum atomic E-state index is -4.54. The third-order valence-electron chi connectivity index (χ3n) is 3.61. The normalized spacial score (nSPS) is 23.6. The van der Waals surface area contributed by atoms with Gasteiger partial charge < -0.3 is 10.1 Å². The largest absolute Gasteiger partial charge is 0.486 e. The summed E-state index contributed by atoms with van der Waals surface area (Å²) in [7, 11) is 1.80. The van der Waals surface area contributed by atoms with Crippen LogP contribution in [0.15, 0.2) is 18.2 Å². The maximum Gasteiger partial charge on any atom is 0.416 e. The SMILES string of the molecule is CNC1CCCCC1Oc1ccc(C(F)(F)F)cc1F. The predicted octanol–water partition coefficient (Wildman–Crippen LogP) is 3.75. The highest BCUT2D eigenvalue weighted by molar-refractivity contribution is 5.31. The summed E-state index contributed by atoms with van der Waals surface area (Å²) in [6.07, 6.45) is -1.01. The predicted molar refractivity (Wildman–Crippen MR) is 67.1 cm³/mol. The lowest BCUT2D eigenvalue weighted by Crippen LogP contribution is -2.43. The number of likely N-dealkylation sites (N-methyl/N-ethyl adjacent to an activating group) is 1. The van der Waals surface area contributed by atoms with Crippen LogP contribution in [0.25, 0.3) is 0 Å². The molecule has 0 amide bonds. The van der Waals surface area contributed by atoms with Gasteiger partial charge >= 0.3 is 6.18 Å². The Morgan fingerprint density at radius 3 is 2.50 bits per heavy atom. The van der Waals surface area contributed by atoms with Gasteiger partial charge in [0.2, 0.25) is 0 Å². The fraction of sp³-hybridized carbons (Fsp3) is 0.571. The van der Waals surface area contributed by atoms with Gasteiger partial charge in [0.05, 0.1) is 5.56 Å². The molecule has 1 aliphatic rings. The summed E-state index contributed by atoms with van der Waals surface area (Å²) < 4.78 is 56.6. The van der Waals surface area contributed by atoms with E-state index in [1.54, 1.807) is 7.05 Å². The standard InChI is InChI=1S/C14H17F4NO/c1-19-11-4-2-3-5-13(11)20-12-7-6-9(8-10(12)15)14(16,17)18/h6-8,11,13,19H,2-5H2,1H3. The molecule has 1 aliphatic carbocycles. The van der Waals surface area contributed by atoms with Crippen LogP contribution in [0.2, 0.25) is 0 Å². The second-order valence-electron chi connectivity index (χ2n) is 4.98. The molecule has 0 bridgehead atoms. The van der Waals surface area contributed by atoms with Crippen LogP contribution in [0.3, 0.4) is 0 Å². The first-order valence-corrected chi connectivity index (χ1v) is 6.62. The van der Waals surface area contributed by atoms with E-state index in [2.05, 4.69) is 5.32 Å². The Balaban J connectivity index is 2.13. The van der Waals surface area contributed by atoms with Gasteiger partial charge in [-0.2, -0.15) is 13.2 Å². The Hall–Kier alpha value is -1.30. The van der Waals surface area contributed by atoms with E-state index in [4.69, 9.17) is 4.74 Å². The molecule has 0 aromatic heterocycles. The Kier molecular flexibility index (Phi) is 4.52. The highest BCUT2D eigenvalue weighted by Gasteiger charge is 2.32. The molecule has 0 aliphatic heterocycles. The van der Waals surface area contributed by atoms with E-state index >= 15 is 0 Å². The zero-order chi connectivity index (χ0) is 14.8. The number of alkyl halides is 3. The zero-order valence-electron chi connectivity index (χ0n) is 11.1. The number of rotatable bonds is 3. The van der Waals surface area contributed by atoms with Crippen molar-refractivity contribution in [3.05, 3.63) is 29.6 Å². The highest BCUT2D eigenvalue weighted by atomic mass is 19.4. The summed E-state index contributed by atoms with van der Waals surface area (Å²) in [4.78, 5) is 0. The van der Waals surface area contributed by atoms with Gasteiger partial charge in [0, 0.05) is 6.04 Å². The smallest absolute Gasteiger partial charge is 0.416 e. The van der Waals surface area contributed by atoms with Crippen LogP contribution in [0.4, 0.5) is 17.6 Å². The molecule has 1 aromatic rings. The van der Waals surface area contributed by atoms with Crippen molar-refractivity contribution in [1.82, 2.24) is 5.32 Å². The lowest BCUT2D eigenvalue weighted by Gasteiger charge is -2.31. The van der Waals surface area contributed by atoms with Gasteiger partial charge in [-0.05, 0) is 44.5 Å². The average Bonchev–Trinajstić information content (AvgIpc) is 2.40. The monoisotopic (exact) mass is 291 g/mol. The molecule has 2 nitrogen and oxygen atoms in total. The van der Waals surface area contributed by atoms with Gasteiger partial charge in [-0.1, -0.05) is 6.42 Å². The second-order valence-corrected chi connectivity index (χ2v) is 4.98. The van der Waals surface area contributed by atoms with Gasteiger partial charge in [0.15, 0.2) is 11.6 Å². The number of halogens is 4. The molecule has 20 heavy (non-hydrogen) atoms. The van der Waals surface area contributed by atoms with Crippen molar-refractivity contribution in [2.45, 2.75) is 44.0 Å². The lowest BCUT2D eigenvalue weighted by atomic mass is 9.92. The van der Waals surface area contributed by atoms with Crippen molar-refractivity contribution < 1.29 is 22.3 Å². The van der Waals surface area contributed by atoms with E-state index in [-0.39, 0.29) is 17.9 Å². The van der Waals surface area contributed by atoms with Crippen LogP contribution >= 0.6 is 0 Å². The third kappa shape index (κ3) is 3.42. The van der Waals surface area contributed by atoms with Gasteiger partial charge in [0.1, 0.15) is 6.10 Å². The molecule has 2 atom stereocenters. The van der Waals surface area contributed by atoms with E-state index in [1.807, 2.05) is 0 Å². The molecule has 1 N–H and O–H groups in total. The first kappa shape index (κ1) is 15.1. The van der Waals surface area contributed by atoms with Crippen LogP contribution in [-0.4, -0.2) is 19.2 Å². The second kappa shape index (κ2) is 5.99. The summed E-state index contributed by atoms with van der Waals surface area (Å²) in [6.45, 7) is 0. The van der Waals surface area contributed by atoms with E-state index in [1.165, 1.54) is 0 Å². The maximum atomic E-state index is 13.7. The topological polar surface area (TPSA) is 21.3 Å². The van der Waals surface area contributed by atoms with E-state index < -0.39 is 17.6 Å². The van der Waals surface area contributed by atoms with Crippen molar-refractivity contribution in [2.24, 2.45) is 0 Å². The lowest BCUT2D eigenvalue weighted by molar-refractivity contribution is -0.137. The molecular weight excluding hydrogens is 274 g/mol. The van der Waals surface area contributed by atoms with Crippen molar-refractivity contribution in [3.8, 4) is 5.75 Å². The molecule has 0 heterocycles. The molecule has 112 valence electrons. The summed E-state index contributed by atoms with van der Waals surface area (Å²) in [5.41, 5.74) is -1.00. The molecule has 0 saturated heterocycles. The first-order chi connectivity index (χ1) is 9.41. The molecule has 1 saturated carbocycles. The Morgan fingerprint density at radius 1 is 1.20 bits per heavy atom. The van der Waals surface area contributed by atoms with E-state index in [9.17, 15) is 17.6 Å². The van der Waals surface area contributed by atoms with Crippen molar-refractivity contribution >= 4 is 0 Å². The number of nitrogens with one attached hydrogen (secondary N) is 1. The van der Waals surface area contributed by atoms with Gasteiger partial charge in [0.25, 0.3) is 0 Å². The van der Waals surface area contributed by atoms with Gasteiger partial charge in [-0.25, -0.2) is 4.39 Å². The van der Waals surface area contributed by atoms with Crippen molar-refractivity contribution in [3.63, 3.8) is 0 Å². The van der Waals surface area contributed by atoms with Crippen LogP contribution in [-0.2, 0) is 6.18 Å². The van der Waals surface area contributed by atoms with E-state index in [0.29, 0.717) is 6.07 Å². The maximum absolute atomic E-state index is 13.7. The Labute approximate surface area is 115 Å². The number of ether oxygens (including phenoxy) is 1. The van der Waals surface area contributed by atoms with E-state index in [0.717, 1.165) is 37.8 Å². The number of hydrogen-bond acceptors (Lipinski definition) is 2. The fourth-order valence-electron chi connectivity index (χ4n) is 2.50. The fourth-order valence-corrected chi connectivity index (χ4v) is 2.50. The molecule has 1 fully saturated rings. The molecule has 6 heteroatoms. The molecule has 1 aromatic carbocycles. The quantitative estimate of drug-likeness (QED) is 0.856. The Morgan fingerprint density at radius 2 is 1.90 bits per heavy atom. The summed E-state index contributed by atoms with van der Waals surface area (Å²) in [5.74, 6) is -1.09. The third-order valence-corrected chi connectivity index (χ3v) is 3.61. The van der Waals surface area contributed by atoms with Gasteiger partial charge in [-0.3, -0.25) is 0 Å². The molecule has 0 spiro atoms. The first-order valence-electron chi connectivity index (χ1n) is 6.62. The average molecular weight is 291 g/mol.